The van der Waals surface area contributed by atoms with E-state index in [0.717, 1.165) is 38.9 Å². The first-order valence-corrected chi connectivity index (χ1v) is 8.64. The highest BCUT2D eigenvalue weighted by Gasteiger charge is 2.45. The summed E-state index contributed by atoms with van der Waals surface area (Å²) >= 11 is 0. The van der Waals surface area contributed by atoms with Crippen molar-refractivity contribution in [2.75, 3.05) is 19.6 Å². The van der Waals surface area contributed by atoms with Crippen LogP contribution in [0.25, 0.3) is 0 Å². The minimum atomic E-state index is 0.301. The molecule has 1 saturated carbocycles. The molecule has 1 aliphatic heterocycles. The molecule has 22 heavy (non-hydrogen) atoms. The van der Waals surface area contributed by atoms with Gasteiger partial charge in [-0.2, -0.15) is 0 Å². The van der Waals surface area contributed by atoms with Gasteiger partial charge in [0.05, 0.1) is 0 Å². The summed E-state index contributed by atoms with van der Waals surface area (Å²) in [4.78, 5) is 16.2. The minimum Gasteiger partial charge on any atom is -0.303 e. The van der Waals surface area contributed by atoms with Crippen molar-refractivity contribution in [3.8, 4) is 0 Å². The van der Waals surface area contributed by atoms with E-state index in [1.807, 2.05) is 0 Å². The van der Waals surface area contributed by atoms with E-state index >= 15 is 0 Å². The van der Waals surface area contributed by atoms with Crippen molar-refractivity contribution >= 4 is 6.29 Å². The topological polar surface area (TPSA) is 23.6 Å². The summed E-state index contributed by atoms with van der Waals surface area (Å²) in [6.07, 6.45) is 3.47. The molecule has 0 aromatic heterocycles. The molecule has 0 spiro atoms. The Morgan fingerprint density at radius 3 is 2.64 bits per heavy atom. The maximum Gasteiger partial charge on any atom is 0.124 e. The van der Waals surface area contributed by atoms with Crippen molar-refractivity contribution in [3.63, 3.8) is 0 Å². The van der Waals surface area contributed by atoms with Gasteiger partial charge in [0.15, 0.2) is 0 Å². The van der Waals surface area contributed by atoms with Crippen molar-refractivity contribution in [1.82, 2.24) is 9.80 Å². The van der Waals surface area contributed by atoms with E-state index in [0.29, 0.717) is 23.9 Å². The minimum absolute atomic E-state index is 0.301. The van der Waals surface area contributed by atoms with Gasteiger partial charge in [-0.05, 0) is 24.3 Å². The van der Waals surface area contributed by atoms with E-state index < -0.39 is 0 Å². The molecule has 1 heterocycles. The Morgan fingerprint density at radius 2 is 2.00 bits per heavy atom. The van der Waals surface area contributed by atoms with Crippen LogP contribution in [0.1, 0.15) is 32.3 Å². The zero-order valence-corrected chi connectivity index (χ0v) is 13.8. The van der Waals surface area contributed by atoms with E-state index in [-0.39, 0.29) is 0 Å². The summed E-state index contributed by atoms with van der Waals surface area (Å²) in [6, 6.07) is 11.9. The van der Waals surface area contributed by atoms with Gasteiger partial charge in [-0.1, -0.05) is 44.2 Å². The molecule has 1 aromatic rings. The lowest BCUT2D eigenvalue weighted by Crippen LogP contribution is -2.54. The Balaban J connectivity index is 1.62. The average molecular weight is 300 g/mol. The summed E-state index contributed by atoms with van der Waals surface area (Å²) in [5, 5.41) is 0. The number of carbonyl (C=O) groups excluding carboxylic acids is 1. The van der Waals surface area contributed by atoms with Gasteiger partial charge in [0.1, 0.15) is 6.29 Å². The largest absolute Gasteiger partial charge is 0.303 e. The standard InChI is InChI=1S/C19H28N2O/c1-15(2)10-18-13-20(12-16-6-4-3-5-7-16)8-9-21(18)19-11-17(19)14-22/h3-7,14-15,17-19H,8-13H2,1-2H3/t17?,18?,19-/m1/s1. The maximum absolute atomic E-state index is 11.0. The lowest BCUT2D eigenvalue weighted by molar-refractivity contribution is -0.109. The predicted octanol–water partition coefficient (Wildman–Crippen LogP) is 2.81. The molecule has 1 saturated heterocycles. The molecule has 3 rings (SSSR count). The van der Waals surface area contributed by atoms with Crippen LogP contribution >= 0.6 is 0 Å². The Morgan fingerprint density at radius 1 is 1.23 bits per heavy atom. The van der Waals surface area contributed by atoms with E-state index in [9.17, 15) is 4.79 Å². The van der Waals surface area contributed by atoms with Crippen molar-refractivity contribution < 1.29 is 4.79 Å². The van der Waals surface area contributed by atoms with Gasteiger partial charge in [0.2, 0.25) is 0 Å². The second-order valence-corrected chi connectivity index (χ2v) is 7.34. The summed E-state index contributed by atoms with van der Waals surface area (Å²) < 4.78 is 0. The monoisotopic (exact) mass is 300 g/mol. The molecule has 2 aliphatic rings. The Labute approximate surface area is 134 Å². The van der Waals surface area contributed by atoms with Crippen LogP contribution in [0.4, 0.5) is 0 Å². The van der Waals surface area contributed by atoms with Gasteiger partial charge in [-0.3, -0.25) is 9.80 Å². The van der Waals surface area contributed by atoms with Gasteiger partial charge in [0, 0.05) is 44.2 Å². The number of aldehydes is 1. The molecule has 2 fully saturated rings. The number of rotatable bonds is 6. The highest BCUT2D eigenvalue weighted by molar-refractivity contribution is 5.59. The molecule has 2 unspecified atom stereocenters. The van der Waals surface area contributed by atoms with E-state index in [4.69, 9.17) is 0 Å². The van der Waals surface area contributed by atoms with Gasteiger partial charge < -0.3 is 4.79 Å². The van der Waals surface area contributed by atoms with Crippen molar-refractivity contribution in [2.24, 2.45) is 11.8 Å². The molecular weight excluding hydrogens is 272 g/mol. The lowest BCUT2D eigenvalue weighted by atomic mass is 9.99. The molecule has 3 atom stereocenters. The maximum atomic E-state index is 11.0. The fourth-order valence-corrected chi connectivity index (χ4v) is 3.84. The number of piperazine rings is 1. The molecule has 0 N–H and O–H groups in total. The smallest absolute Gasteiger partial charge is 0.124 e. The zero-order valence-electron chi connectivity index (χ0n) is 13.8. The quantitative estimate of drug-likeness (QED) is 0.755. The number of carbonyl (C=O) groups is 1. The first-order chi connectivity index (χ1) is 10.7. The second kappa shape index (κ2) is 6.93. The average Bonchev–Trinajstić information content (AvgIpc) is 3.27. The summed E-state index contributed by atoms with van der Waals surface area (Å²) in [7, 11) is 0. The van der Waals surface area contributed by atoms with Gasteiger partial charge in [-0.15, -0.1) is 0 Å². The Kier molecular flexibility index (Phi) is 4.94. The summed E-state index contributed by atoms with van der Waals surface area (Å²) in [5.74, 6) is 1.01. The van der Waals surface area contributed by atoms with Crippen LogP contribution in [0.3, 0.4) is 0 Å². The van der Waals surface area contributed by atoms with Crippen molar-refractivity contribution in [2.45, 2.75) is 45.3 Å². The molecule has 1 aliphatic carbocycles. The number of benzene rings is 1. The van der Waals surface area contributed by atoms with Crippen LogP contribution in [0, 0.1) is 11.8 Å². The fourth-order valence-electron chi connectivity index (χ4n) is 3.84. The van der Waals surface area contributed by atoms with Crippen molar-refractivity contribution in [1.29, 1.82) is 0 Å². The SMILES string of the molecule is CC(C)CC1CN(Cc2ccccc2)CCN1[C@@H]1CC1C=O. The third kappa shape index (κ3) is 3.76. The van der Waals surface area contributed by atoms with Gasteiger partial charge >= 0.3 is 0 Å². The molecular formula is C19H28N2O. The predicted molar refractivity (Wildman–Crippen MR) is 89.6 cm³/mol. The highest BCUT2D eigenvalue weighted by Crippen LogP contribution is 2.37. The van der Waals surface area contributed by atoms with E-state index in [1.54, 1.807) is 0 Å². The van der Waals surface area contributed by atoms with Crippen LogP contribution in [-0.4, -0.2) is 47.8 Å². The molecule has 0 amide bonds. The van der Waals surface area contributed by atoms with Crippen molar-refractivity contribution in [3.05, 3.63) is 35.9 Å². The first kappa shape index (κ1) is 15.7. The van der Waals surface area contributed by atoms with Crippen LogP contribution in [0.5, 0.6) is 0 Å². The van der Waals surface area contributed by atoms with Gasteiger partial charge in [-0.25, -0.2) is 0 Å². The molecule has 0 radical (unpaired) electrons. The van der Waals surface area contributed by atoms with Gasteiger partial charge in [0.25, 0.3) is 0 Å². The number of nitrogens with zero attached hydrogens (tertiary/aromatic N) is 2. The van der Waals surface area contributed by atoms with Crippen LogP contribution in [0.2, 0.25) is 0 Å². The number of hydrogen-bond donors (Lipinski definition) is 0. The highest BCUT2D eigenvalue weighted by atomic mass is 16.1. The lowest BCUT2D eigenvalue weighted by Gasteiger charge is -2.42. The third-order valence-electron chi connectivity index (χ3n) is 5.01. The van der Waals surface area contributed by atoms with Crippen LogP contribution in [0.15, 0.2) is 30.3 Å². The summed E-state index contributed by atoms with van der Waals surface area (Å²) in [5.41, 5.74) is 1.40. The molecule has 1 aromatic carbocycles. The molecule has 0 bridgehead atoms. The zero-order chi connectivity index (χ0) is 15.5. The normalized spacial score (nSPS) is 29.7. The first-order valence-electron chi connectivity index (χ1n) is 8.64. The van der Waals surface area contributed by atoms with Crippen LogP contribution in [-0.2, 0) is 11.3 Å². The molecule has 3 heteroatoms. The van der Waals surface area contributed by atoms with E-state index in [1.165, 1.54) is 12.0 Å². The number of hydrogen-bond acceptors (Lipinski definition) is 3. The van der Waals surface area contributed by atoms with E-state index in [2.05, 4.69) is 54.0 Å². The second-order valence-electron chi connectivity index (χ2n) is 7.34. The third-order valence-corrected chi connectivity index (χ3v) is 5.01. The fraction of sp³-hybridized carbons (Fsp3) is 0.632. The molecule has 120 valence electrons. The Hall–Kier alpha value is -1.19. The Bertz CT molecular complexity index is 487. The molecule has 3 nitrogen and oxygen atoms in total. The summed E-state index contributed by atoms with van der Waals surface area (Å²) in [6.45, 7) is 9.02. The van der Waals surface area contributed by atoms with Crippen LogP contribution < -0.4 is 0 Å².